The molecule has 3 heterocycles. The van der Waals surface area contributed by atoms with E-state index < -0.39 is 0 Å². The number of hydrogen-bond acceptors (Lipinski definition) is 4. The second-order valence-corrected chi connectivity index (χ2v) is 7.83. The summed E-state index contributed by atoms with van der Waals surface area (Å²) in [6, 6.07) is 9.75. The first-order chi connectivity index (χ1) is 12.6. The van der Waals surface area contributed by atoms with Crippen molar-refractivity contribution in [1.29, 1.82) is 0 Å². The third-order valence-corrected chi connectivity index (χ3v) is 5.95. The van der Waals surface area contributed by atoms with Gasteiger partial charge in [-0.2, -0.15) is 0 Å². The number of imidazole rings is 1. The average molecular weight is 367 g/mol. The second kappa shape index (κ2) is 7.03. The third-order valence-electron chi connectivity index (χ3n) is 4.92. The van der Waals surface area contributed by atoms with Gasteiger partial charge < -0.3 is 9.88 Å². The number of piperidine rings is 1. The number of nitrogens with zero attached hydrogens (tertiary/aromatic N) is 2. The third kappa shape index (κ3) is 3.42. The molecule has 0 spiro atoms. The normalized spacial score (nSPS) is 17.6. The largest absolute Gasteiger partial charge is 0.342 e. The number of para-hydroxylation sites is 2. The summed E-state index contributed by atoms with van der Waals surface area (Å²) in [4.78, 5) is 34.8. The van der Waals surface area contributed by atoms with Gasteiger partial charge in [0.25, 0.3) is 5.91 Å². The second-order valence-electron chi connectivity index (χ2n) is 6.92. The fraction of sp³-hybridized carbons (Fsp3) is 0.350. The summed E-state index contributed by atoms with van der Waals surface area (Å²) < 4.78 is 0. The molecule has 3 aromatic rings. The molecular formula is C20H21N3O2S. The van der Waals surface area contributed by atoms with E-state index >= 15 is 0 Å². The fourth-order valence-corrected chi connectivity index (χ4v) is 4.39. The van der Waals surface area contributed by atoms with E-state index in [4.69, 9.17) is 0 Å². The van der Waals surface area contributed by atoms with Gasteiger partial charge in [-0.1, -0.05) is 12.1 Å². The SMILES string of the molecule is CC(=O)c1cc(C(=O)N2CCC[C@@H](Cc3nc4ccccc4[nH]3)C2)cs1. The van der Waals surface area contributed by atoms with Crippen molar-refractivity contribution in [2.24, 2.45) is 5.92 Å². The number of aromatic nitrogens is 2. The van der Waals surface area contributed by atoms with Crippen LogP contribution in [-0.4, -0.2) is 39.6 Å². The maximum atomic E-state index is 12.8. The highest BCUT2D eigenvalue weighted by Crippen LogP contribution is 2.24. The molecule has 5 nitrogen and oxygen atoms in total. The van der Waals surface area contributed by atoms with Gasteiger partial charge in [0.15, 0.2) is 5.78 Å². The van der Waals surface area contributed by atoms with Gasteiger partial charge >= 0.3 is 0 Å². The Hall–Kier alpha value is -2.47. The van der Waals surface area contributed by atoms with Gasteiger partial charge in [0.05, 0.1) is 21.5 Å². The zero-order valence-corrected chi connectivity index (χ0v) is 15.5. The minimum Gasteiger partial charge on any atom is -0.342 e. The van der Waals surface area contributed by atoms with E-state index in [1.165, 1.54) is 18.3 Å². The molecule has 2 aromatic heterocycles. The first kappa shape index (κ1) is 17.0. The molecule has 134 valence electrons. The minimum atomic E-state index is 0.00968. The highest BCUT2D eigenvalue weighted by Gasteiger charge is 2.26. The van der Waals surface area contributed by atoms with Gasteiger partial charge in [-0.25, -0.2) is 4.98 Å². The predicted octanol–water partition coefficient (Wildman–Crippen LogP) is 3.92. The average Bonchev–Trinajstić information content (AvgIpc) is 3.28. The van der Waals surface area contributed by atoms with Crippen LogP contribution >= 0.6 is 11.3 Å². The number of carbonyl (C=O) groups excluding carboxylic acids is 2. The number of Topliss-reactive ketones (excluding diaryl/α,β-unsaturated/α-hetero) is 1. The zero-order valence-electron chi connectivity index (χ0n) is 14.7. The summed E-state index contributed by atoms with van der Waals surface area (Å²) in [5.41, 5.74) is 2.67. The Labute approximate surface area is 156 Å². The Morgan fingerprint density at radius 2 is 2.19 bits per heavy atom. The van der Waals surface area contributed by atoms with Gasteiger partial charge in [-0.3, -0.25) is 9.59 Å². The zero-order chi connectivity index (χ0) is 18.1. The number of aromatic amines is 1. The molecule has 0 aliphatic carbocycles. The summed E-state index contributed by atoms with van der Waals surface area (Å²) in [7, 11) is 0. The molecule has 1 N–H and O–H groups in total. The van der Waals surface area contributed by atoms with E-state index in [9.17, 15) is 9.59 Å². The Kier molecular flexibility index (Phi) is 4.59. The van der Waals surface area contributed by atoms with Crippen LogP contribution in [0.4, 0.5) is 0 Å². The molecule has 26 heavy (non-hydrogen) atoms. The molecular weight excluding hydrogens is 346 g/mol. The quantitative estimate of drug-likeness (QED) is 0.711. The van der Waals surface area contributed by atoms with Gasteiger partial charge in [-0.05, 0) is 43.9 Å². The lowest BCUT2D eigenvalue weighted by molar-refractivity contribution is 0.0673. The number of benzene rings is 1. The standard InChI is InChI=1S/C20H21N3O2S/c1-13(24)18-10-15(12-26-18)20(25)23-8-4-5-14(11-23)9-19-21-16-6-2-3-7-17(16)22-19/h2-3,6-7,10,12,14H,4-5,8-9,11H2,1H3,(H,21,22)/t14-/m0/s1. The summed E-state index contributed by atoms with van der Waals surface area (Å²) in [5.74, 6) is 1.43. The highest BCUT2D eigenvalue weighted by atomic mass is 32.1. The Morgan fingerprint density at radius 3 is 2.96 bits per heavy atom. The van der Waals surface area contributed by atoms with Crippen LogP contribution in [0.1, 0.15) is 45.6 Å². The van der Waals surface area contributed by atoms with E-state index in [0.717, 1.165) is 49.2 Å². The summed E-state index contributed by atoms with van der Waals surface area (Å²) >= 11 is 1.34. The van der Waals surface area contributed by atoms with E-state index in [0.29, 0.717) is 16.4 Å². The molecule has 6 heteroatoms. The Balaban J connectivity index is 1.44. The van der Waals surface area contributed by atoms with Crippen molar-refractivity contribution in [3.05, 3.63) is 52.0 Å². The van der Waals surface area contributed by atoms with Crippen LogP contribution in [0.15, 0.2) is 35.7 Å². The van der Waals surface area contributed by atoms with Crippen LogP contribution in [0.5, 0.6) is 0 Å². The number of amides is 1. The molecule has 1 aliphatic rings. The molecule has 1 amide bonds. The fourth-order valence-electron chi connectivity index (χ4n) is 3.61. The lowest BCUT2D eigenvalue weighted by Gasteiger charge is -2.32. The number of thiophene rings is 1. The Bertz CT molecular complexity index is 926. The molecule has 0 radical (unpaired) electrons. The number of fused-ring (bicyclic) bond motifs is 1. The monoisotopic (exact) mass is 367 g/mol. The first-order valence-electron chi connectivity index (χ1n) is 8.92. The summed E-state index contributed by atoms with van der Waals surface area (Å²) in [6.45, 7) is 3.05. The van der Waals surface area contributed by atoms with E-state index in [-0.39, 0.29) is 11.7 Å². The molecule has 4 rings (SSSR count). The minimum absolute atomic E-state index is 0.00968. The number of H-pyrrole nitrogens is 1. The van der Waals surface area contributed by atoms with Crippen LogP contribution in [0.25, 0.3) is 11.0 Å². The van der Waals surface area contributed by atoms with Crippen LogP contribution < -0.4 is 0 Å². The van der Waals surface area contributed by atoms with E-state index in [1.54, 1.807) is 11.4 Å². The molecule has 1 fully saturated rings. The summed E-state index contributed by atoms with van der Waals surface area (Å²) in [6.07, 6.45) is 2.95. The van der Waals surface area contributed by atoms with Gasteiger partial charge in [-0.15, -0.1) is 11.3 Å². The number of likely N-dealkylation sites (tertiary alicyclic amines) is 1. The van der Waals surface area contributed by atoms with Crippen LogP contribution in [0.3, 0.4) is 0 Å². The predicted molar refractivity (Wildman–Crippen MR) is 103 cm³/mol. The maximum absolute atomic E-state index is 12.8. The smallest absolute Gasteiger partial charge is 0.254 e. The van der Waals surface area contributed by atoms with Gasteiger partial charge in [0.1, 0.15) is 5.82 Å². The molecule has 1 atom stereocenters. The summed E-state index contributed by atoms with van der Waals surface area (Å²) in [5, 5.41) is 1.79. The van der Waals surface area contributed by atoms with E-state index in [1.807, 2.05) is 29.2 Å². The number of carbonyl (C=O) groups is 2. The van der Waals surface area contributed by atoms with Crippen molar-refractivity contribution >= 4 is 34.1 Å². The van der Waals surface area contributed by atoms with Crippen LogP contribution in [0, 0.1) is 5.92 Å². The number of hydrogen-bond donors (Lipinski definition) is 1. The first-order valence-corrected chi connectivity index (χ1v) is 9.80. The number of ketones is 1. The molecule has 1 aromatic carbocycles. The molecule has 1 saturated heterocycles. The Morgan fingerprint density at radius 1 is 1.35 bits per heavy atom. The maximum Gasteiger partial charge on any atom is 0.254 e. The van der Waals surface area contributed by atoms with Crippen molar-refractivity contribution in [3.63, 3.8) is 0 Å². The van der Waals surface area contributed by atoms with Gasteiger partial charge in [0, 0.05) is 24.9 Å². The number of nitrogens with one attached hydrogen (secondary N) is 1. The highest BCUT2D eigenvalue weighted by molar-refractivity contribution is 7.12. The van der Waals surface area contributed by atoms with Crippen LogP contribution in [-0.2, 0) is 6.42 Å². The van der Waals surface area contributed by atoms with Gasteiger partial charge in [0.2, 0.25) is 0 Å². The topological polar surface area (TPSA) is 66.1 Å². The van der Waals surface area contributed by atoms with Crippen molar-refractivity contribution in [2.45, 2.75) is 26.2 Å². The van der Waals surface area contributed by atoms with Crippen molar-refractivity contribution in [1.82, 2.24) is 14.9 Å². The van der Waals surface area contributed by atoms with Crippen molar-refractivity contribution in [2.75, 3.05) is 13.1 Å². The molecule has 0 unspecified atom stereocenters. The number of rotatable bonds is 4. The molecule has 0 saturated carbocycles. The molecule has 1 aliphatic heterocycles. The lowest BCUT2D eigenvalue weighted by Crippen LogP contribution is -2.40. The lowest BCUT2D eigenvalue weighted by atomic mass is 9.94. The van der Waals surface area contributed by atoms with Crippen LogP contribution in [0.2, 0.25) is 0 Å². The molecule has 0 bridgehead atoms. The van der Waals surface area contributed by atoms with E-state index in [2.05, 4.69) is 9.97 Å². The van der Waals surface area contributed by atoms with Crippen molar-refractivity contribution < 1.29 is 9.59 Å². The van der Waals surface area contributed by atoms with Crippen molar-refractivity contribution in [3.8, 4) is 0 Å².